The maximum absolute atomic E-state index is 12.6. The summed E-state index contributed by atoms with van der Waals surface area (Å²) in [5.74, 6) is 0.688. The Labute approximate surface area is 208 Å². The molecule has 184 valence electrons. The quantitative estimate of drug-likeness (QED) is 0.318. The van der Waals surface area contributed by atoms with Crippen LogP contribution in [0.25, 0.3) is 0 Å². The van der Waals surface area contributed by atoms with Crippen molar-refractivity contribution in [2.24, 2.45) is 0 Å². The molecule has 2 N–H and O–H groups in total. The van der Waals surface area contributed by atoms with Crippen molar-refractivity contribution in [1.29, 1.82) is 0 Å². The lowest BCUT2D eigenvalue weighted by Gasteiger charge is -2.07. The molecule has 0 saturated carbocycles. The number of rotatable bonds is 8. The number of benzene rings is 4. The van der Waals surface area contributed by atoms with Gasteiger partial charge in [-0.1, -0.05) is 0 Å². The summed E-state index contributed by atoms with van der Waals surface area (Å²) in [5, 5.41) is 18.7. The van der Waals surface area contributed by atoms with Crippen molar-refractivity contribution in [2.75, 3.05) is 0 Å². The van der Waals surface area contributed by atoms with Gasteiger partial charge in [0.15, 0.2) is 0 Å². The molecular formula is C26H20O8S2. The third-order valence-electron chi connectivity index (χ3n) is 5.03. The molecule has 0 saturated heterocycles. The Morgan fingerprint density at radius 3 is 0.972 bits per heavy atom. The Hall–Kier alpha value is -4.28. The van der Waals surface area contributed by atoms with E-state index < -0.39 is 19.7 Å². The minimum Gasteiger partial charge on any atom is -0.508 e. The zero-order chi connectivity index (χ0) is 25.8. The van der Waals surface area contributed by atoms with Crippen LogP contribution >= 0.6 is 0 Å². The van der Waals surface area contributed by atoms with Crippen molar-refractivity contribution >= 4 is 19.7 Å². The van der Waals surface area contributed by atoms with Gasteiger partial charge in [0, 0.05) is 0 Å². The van der Waals surface area contributed by atoms with Crippen LogP contribution < -0.4 is 9.47 Å². The second kappa shape index (κ2) is 10.1. The van der Waals surface area contributed by atoms with Gasteiger partial charge in [0.05, 0.1) is 19.6 Å². The maximum Gasteiger partial charge on any atom is 0.206 e. The molecule has 8 nitrogen and oxygen atoms in total. The molecule has 0 bridgehead atoms. The minimum atomic E-state index is -3.73. The lowest BCUT2D eigenvalue weighted by Crippen LogP contribution is -2.01. The molecule has 0 aliphatic rings. The van der Waals surface area contributed by atoms with Crippen molar-refractivity contribution in [3.63, 3.8) is 0 Å². The van der Waals surface area contributed by atoms with E-state index in [9.17, 15) is 27.0 Å². The van der Waals surface area contributed by atoms with Crippen molar-refractivity contribution in [3.8, 4) is 23.0 Å². The second-order valence-electron chi connectivity index (χ2n) is 7.45. The van der Waals surface area contributed by atoms with Gasteiger partial charge >= 0.3 is 0 Å². The van der Waals surface area contributed by atoms with Crippen LogP contribution in [0.4, 0.5) is 0 Å². The first-order valence-corrected chi connectivity index (χ1v) is 13.4. The van der Waals surface area contributed by atoms with Crippen molar-refractivity contribution < 1.29 is 36.5 Å². The van der Waals surface area contributed by atoms with Crippen molar-refractivity contribution in [2.45, 2.75) is 19.6 Å². The third-order valence-corrected chi connectivity index (χ3v) is 8.60. The van der Waals surface area contributed by atoms with E-state index in [4.69, 9.17) is 9.47 Å². The van der Waals surface area contributed by atoms with Gasteiger partial charge in [0.2, 0.25) is 19.7 Å². The van der Waals surface area contributed by atoms with E-state index >= 15 is 0 Å². The SMILES string of the molecule is O=S(=O)(c1ccc(O)cc1)c1ccc(O/C=C/Oc2ccc(S(=O)(=O)c3ccc(O)cc3)cc2)cc1. The highest BCUT2D eigenvalue weighted by Crippen LogP contribution is 2.26. The average Bonchev–Trinajstić information content (AvgIpc) is 2.88. The van der Waals surface area contributed by atoms with E-state index in [0.29, 0.717) is 11.5 Å². The number of hydrogen-bond acceptors (Lipinski definition) is 8. The van der Waals surface area contributed by atoms with E-state index in [-0.39, 0.29) is 31.1 Å². The Morgan fingerprint density at radius 2 is 0.694 bits per heavy atom. The molecular weight excluding hydrogens is 504 g/mol. The smallest absolute Gasteiger partial charge is 0.206 e. The summed E-state index contributed by atoms with van der Waals surface area (Å²) in [6, 6.07) is 22.1. The van der Waals surface area contributed by atoms with Crippen LogP contribution in [-0.4, -0.2) is 27.0 Å². The van der Waals surface area contributed by atoms with Crippen LogP contribution in [0.1, 0.15) is 0 Å². The largest absolute Gasteiger partial charge is 0.508 e. The van der Waals surface area contributed by atoms with Crippen LogP contribution in [0.2, 0.25) is 0 Å². The average molecular weight is 525 g/mol. The summed E-state index contributed by atoms with van der Waals surface area (Å²) in [7, 11) is -7.46. The maximum atomic E-state index is 12.6. The summed E-state index contributed by atoms with van der Waals surface area (Å²) in [5.41, 5.74) is 0. The fourth-order valence-electron chi connectivity index (χ4n) is 3.13. The summed E-state index contributed by atoms with van der Waals surface area (Å²) >= 11 is 0. The van der Waals surface area contributed by atoms with Gasteiger partial charge in [0.25, 0.3) is 0 Å². The van der Waals surface area contributed by atoms with Gasteiger partial charge in [0.1, 0.15) is 35.5 Å². The van der Waals surface area contributed by atoms with Crippen LogP contribution in [0.15, 0.2) is 129 Å². The number of sulfone groups is 2. The number of aromatic hydroxyl groups is 2. The first-order chi connectivity index (χ1) is 17.2. The minimum absolute atomic E-state index is 0.0261. The van der Waals surface area contributed by atoms with Gasteiger partial charge in [-0.25, -0.2) is 16.8 Å². The lowest BCUT2D eigenvalue weighted by atomic mass is 10.3. The fourth-order valence-corrected chi connectivity index (χ4v) is 5.65. The Kier molecular flexibility index (Phi) is 7.00. The van der Waals surface area contributed by atoms with E-state index in [1.54, 1.807) is 0 Å². The molecule has 10 heteroatoms. The van der Waals surface area contributed by atoms with E-state index in [1.807, 2.05) is 0 Å². The summed E-state index contributed by atoms with van der Waals surface area (Å²) in [6.45, 7) is 0. The molecule has 0 spiro atoms. The molecule has 0 aliphatic carbocycles. The van der Waals surface area contributed by atoms with Crippen molar-refractivity contribution in [1.82, 2.24) is 0 Å². The summed E-state index contributed by atoms with van der Waals surface area (Å²) in [6.07, 6.45) is 2.51. The molecule has 0 aliphatic heterocycles. The Morgan fingerprint density at radius 1 is 0.444 bits per heavy atom. The molecule has 0 aromatic heterocycles. The van der Waals surface area contributed by atoms with Crippen molar-refractivity contribution in [3.05, 3.63) is 110 Å². The Balaban J connectivity index is 1.36. The van der Waals surface area contributed by atoms with E-state index in [1.165, 1.54) is 110 Å². The monoisotopic (exact) mass is 524 g/mol. The van der Waals surface area contributed by atoms with Gasteiger partial charge < -0.3 is 19.7 Å². The van der Waals surface area contributed by atoms with E-state index in [2.05, 4.69) is 0 Å². The first kappa shape index (κ1) is 24.8. The highest BCUT2D eigenvalue weighted by atomic mass is 32.2. The fraction of sp³-hybridized carbons (Fsp3) is 0. The predicted molar refractivity (Wildman–Crippen MR) is 130 cm³/mol. The topological polar surface area (TPSA) is 127 Å². The van der Waals surface area contributed by atoms with Gasteiger partial charge in [-0.2, -0.15) is 0 Å². The highest BCUT2D eigenvalue weighted by Gasteiger charge is 2.18. The molecule has 0 amide bonds. The van der Waals surface area contributed by atoms with Gasteiger partial charge in [-0.3, -0.25) is 0 Å². The molecule has 0 radical (unpaired) electrons. The van der Waals surface area contributed by atoms with Crippen LogP contribution in [0.3, 0.4) is 0 Å². The van der Waals surface area contributed by atoms with Gasteiger partial charge in [-0.15, -0.1) is 0 Å². The summed E-state index contributed by atoms with van der Waals surface area (Å²) < 4.78 is 61.4. The second-order valence-corrected chi connectivity index (χ2v) is 11.3. The third kappa shape index (κ3) is 5.51. The molecule has 0 atom stereocenters. The van der Waals surface area contributed by atoms with Gasteiger partial charge in [-0.05, 0) is 97.1 Å². The lowest BCUT2D eigenvalue weighted by molar-refractivity contribution is 0.421. The Bertz CT molecular complexity index is 1450. The van der Waals surface area contributed by atoms with Crippen LogP contribution in [0, 0.1) is 0 Å². The predicted octanol–water partition coefficient (Wildman–Crippen LogP) is 4.69. The first-order valence-electron chi connectivity index (χ1n) is 10.4. The summed E-state index contributed by atoms with van der Waals surface area (Å²) in [4.78, 5) is 0.263. The number of hydrogen-bond donors (Lipinski definition) is 2. The normalized spacial score (nSPS) is 11.9. The zero-order valence-corrected chi connectivity index (χ0v) is 20.2. The number of phenols is 2. The van der Waals surface area contributed by atoms with E-state index in [0.717, 1.165) is 0 Å². The number of ether oxygens (including phenoxy) is 2. The molecule has 0 unspecified atom stereocenters. The molecule has 0 fully saturated rings. The van der Waals surface area contributed by atoms with Crippen LogP contribution in [-0.2, 0) is 19.7 Å². The number of phenolic OH excluding ortho intramolecular Hbond substituents is 2. The molecule has 4 rings (SSSR count). The highest BCUT2D eigenvalue weighted by molar-refractivity contribution is 7.91. The van der Waals surface area contributed by atoms with Crippen LogP contribution in [0.5, 0.6) is 23.0 Å². The zero-order valence-electron chi connectivity index (χ0n) is 18.6. The molecule has 4 aromatic rings. The molecule has 4 aromatic carbocycles. The molecule has 0 heterocycles. The standard InChI is InChI=1S/C26H20O8S2/c27-19-1-9-23(10-2-19)35(29,30)25-13-5-21(6-14-25)33-17-18-34-22-7-15-26(16-8-22)36(31,32)24-11-3-20(28)4-12-24/h1-18,27-28H/b18-17+. The molecule has 36 heavy (non-hydrogen) atoms.